The fraction of sp³-hybridized carbons (Fsp3) is 0.630. The number of aromatic nitrogens is 1. The Hall–Kier alpha value is -2.54. The lowest BCUT2D eigenvalue weighted by atomic mass is 9.49. The van der Waals surface area contributed by atoms with Gasteiger partial charge in [-0.05, 0) is 80.5 Å². The van der Waals surface area contributed by atoms with Crippen molar-refractivity contribution in [3.63, 3.8) is 0 Å². The van der Waals surface area contributed by atoms with E-state index in [4.69, 9.17) is 9.15 Å². The molecule has 4 aliphatic carbocycles. The van der Waals surface area contributed by atoms with Crippen molar-refractivity contribution in [1.82, 2.24) is 14.4 Å². The molecule has 0 unspecified atom stereocenters. The number of rotatable bonds is 10. The Balaban J connectivity index is 1.34. The minimum atomic E-state index is -0.271. The topological polar surface area (TPSA) is 67.9 Å². The van der Waals surface area contributed by atoms with Crippen molar-refractivity contribution in [2.24, 2.45) is 30.2 Å². The Morgan fingerprint density at radius 1 is 1.06 bits per heavy atom. The second-order valence-corrected chi connectivity index (χ2v) is 10.9. The fourth-order valence-electron chi connectivity index (χ4n) is 7.10. The zero-order valence-corrected chi connectivity index (χ0v) is 20.4. The summed E-state index contributed by atoms with van der Waals surface area (Å²) in [5, 5.41) is 0. The molecule has 0 aromatic carbocycles. The summed E-state index contributed by atoms with van der Waals surface area (Å²) in [7, 11) is 3.63. The molecule has 34 heavy (non-hydrogen) atoms. The molecule has 2 aromatic heterocycles. The van der Waals surface area contributed by atoms with Crippen molar-refractivity contribution in [2.45, 2.75) is 51.6 Å². The van der Waals surface area contributed by atoms with E-state index in [1.165, 1.54) is 19.3 Å². The first-order valence-corrected chi connectivity index (χ1v) is 12.6. The smallest absolute Gasteiger partial charge is 0.242 e. The van der Waals surface area contributed by atoms with Gasteiger partial charge in [0, 0.05) is 32.6 Å². The lowest BCUT2D eigenvalue weighted by molar-refractivity contribution is -0.161. The number of carbonyl (C=O) groups is 2. The molecule has 6 rings (SSSR count). The maximum Gasteiger partial charge on any atom is 0.242 e. The number of methoxy groups -OCH3 is 1. The molecule has 2 heterocycles. The standard InChI is InChI=1S/C27H37N3O4/c1-28-7-3-5-23(28)17-30(18-24-6-4-9-34-24)25(31)19-29(8-10-33-2)26(32)27-14-20-11-21(15-27)13-22(12-20)16-27/h3-7,9,20-22H,8,10-19H2,1-2H3. The number of ether oxygens (including phenoxy) is 1. The van der Waals surface area contributed by atoms with E-state index in [-0.39, 0.29) is 23.8 Å². The van der Waals surface area contributed by atoms with Gasteiger partial charge in [0.25, 0.3) is 0 Å². The molecule has 4 aliphatic rings. The predicted molar refractivity (Wildman–Crippen MR) is 127 cm³/mol. The highest BCUT2D eigenvalue weighted by molar-refractivity contribution is 5.88. The van der Waals surface area contributed by atoms with Crippen molar-refractivity contribution in [3.05, 3.63) is 48.2 Å². The van der Waals surface area contributed by atoms with Crippen molar-refractivity contribution < 1.29 is 18.7 Å². The summed E-state index contributed by atoms with van der Waals surface area (Å²) < 4.78 is 12.9. The minimum absolute atomic E-state index is 0.0632. The molecular weight excluding hydrogens is 430 g/mol. The molecule has 7 nitrogen and oxygen atoms in total. The van der Waals surface area contributed by atoms with Crippen molar-refractivity contribution in [1.29, 1.82) is 0 Å². The van der Waals surface area contributed by atoms with Crippen LogP contribution in [0.1, 0.15) is 50.0 Å². The van der Waals surface area contributed by atoms with Crippen LogP contribution in [0.15, 0.2) is 41.1 Å². The molecule has 4 fully saturated rings. The second-order valence-electron chi connectivity index (χ2n) is 10.9. The van der Waals surface area contributed by atoms with E-state index in [1.807, 2.05) is 42.1 Å². The molecule has 4 bridgehead atoms. The first-order chi connectivity index (χ1) is 16.5. The van der Waals surface area contributed by atoms with Crippen LogP contribution in [0.4, 0.5) is 0 Å². The third-order valence-electron chi connectivity index (χ3n) is 8.35. The Kier molecular flexibility index (Phi) is 6.56. The number of hydrogen-bond donors (Lipinski definition) is 0. The largest absolute Gasteiger partial charge is 0.467 e. The quantitative estimate of drug-likeness (QED) is 0.533. The SMILES string of the molecule is COCCN(CC(=O)N(Cc1ccco1)Cc1cccn1C)C(=O)C12CC3CC(CC(C3)C1)C2. The summed E-state index contributed by atoms with van der Waals surface area (Å²) in [6.45, 7) is 1.80. The Labute approximate surface area is 202 Å². The number of aryl methyl sites for hydroxylation is 1. The van der Waals surface area contributed by atoms with Crippen LogP contribution in [0.3, 0.4) is 0 Å². The van der Waals surface area contributed by atoms with Crippen molar-refractivity contribution >= 4 is 11.8 Å². The minimum Gasteiger partial charge on any atom is -0.467 e. The average Bonchev–Trinajstić information content (AvgIpc) is 3.46. The van der Waals surface area contributed by atoms with Crippen LogP contribution in [-0.2, 0) is 34.5 Å². The number of amides is 2. The number of carbonyl (C=O) groups excluding carboxylic acids is 2. The van der Waals surface area contributed by atoms with Crippen LogP contribution in [0.2, 0.25) is 0 Å². The van der Waals surface area contributed by atoms with Gasteiger partial charge in [-0.15, -0.1) is 0 Å². The summed E-state index contributed by atoms with van der Waals surface area (Å²) >= 11 is 0. The number of nitrogens with zero attached hydrogens (tertiary/aromatic N) is 3. The van der Waals surface area contributed by atoms with E-state index >= 15 is 0 Å². The molecule has 0 N–H and O–H groups in total. The average molecular weight is 468 g/mol. The van der Waals surface area contributed by atoms with E-state index in [2.05, 4.69) is 0 Å². The van der Waals surface area contributed by atoms with Crippen LogP contribution in [-0.4, -0.2) is 53.0 Å². The Bertz CT molecular complexity index is 960. The Morgan fingerprint density at radius 3 is 2.32 bits per heavy atom. The van der Waals surface area contributed by atoms with Gasteiger partial charge in [-0.1, -0.05) is 0 Å². The normalized spacial score (nSPS) is 27.2. The highest BCUT2D eigenvalue weighted by atomic mass is 16.5. The molecule has 2 amide bonds. The molecule has 7 heteroatoms. The predicted octanol–water partition coefficient (Wildman–Crippen LogP) is 3.84. The third-order valence-corrected chi connectivity index (χ3v) is 8.35. The van der Waals surface area contributed by atoms with Gasteiger partial charge in [0.2, 0.25) is 11.8 Å². The number of furan rings is 1. The van der Waals surface area contributed by atoms with E-state index in [0.29, 0.717) is 44.0 Å². The lowest BCUT2D eigenvalue weighted by Crippen LogP contribution is -2.56. The van der Waals surface area contributed by atoms with Crippen LogP contribution in [0.25, 0.3) is 0 Å². The van der Waals surface area contributed by atoms with E-state index < -0.39 is 0 Å². The fourth-order valence-corrected chi connectivity index (χ4v) is 7.10. The molecular formula is C27H37N3O4. The monoisotopic (exact) mass is 467 g/mol. The molecule has 184 valence electrons. The maximum absolute atomic E-state index is 14.0. The van der Waals surface area contributed by atoms with Gasteiger partial charge in [0.1, 0.15) is 5.76 Å². The van der Waals surface area contributed by atoms with Gasteiger partial charge >= 0.3 is 0 Å². The molecule has 0 aliphatic heterocycles. The van der Waals surface area contributed by atoms with Gasteiger partial charge in [-0.25, -0.2) is 0 Å². The first kappa shape index (κ1) is 23.2. The van der Waals surface area contributed by atoms with E-state index in [9.17, 15) is 9.59 Å². The molecule has 0 radical (unpaired) electrons. The summed E-state index contributed by atoms with van der Waals surface area (Å²) in [4.78, 5) is 31.3. The van der Waals surface area contributed by atoms with Crippen LogP contribution >= 0.6 is 0 Å². The van der Waals surface area contributed by atoms with Gasteiger partial charge in [0.15, 0.2) is 0 Å². The molecule has 4 saturated carbocycles. The highest BCUT2D eigenvalue weighted by Gasteiger charge is 2.55. The third kappa shape index (κ3) is 4.67. The van der Waals surface area contributed by atoms with Crippen molar-refractivity contribution in [2.75, 3.05) is 26.8 Å². The lowest BCUT2D eigenvalue weighted by Gasteiger charge is -2.56. The zero-order valence-electron chi connectivity index (χ0n) is 20.4. The Morgan fingerprint density at radius 2 is 1.76 bits per heavy atom. The van der Waals surface area contributed by atoms with Crippen LogP contribution in [0, 0.1) is 23.2 Å². The molecule has 0 saturated heterocycles. The second kappa shape index (κ2) is 9.61. The van der Waals surface area contributed by atoms with Gasteiger partial charge in [0.05, 0.1) is 37.9 Å². The summed E-state index contributed by atoms with van der Waals surface area (Å²) in [5.41, 5.74) is 0.767. The van der Waals surface area contributed by atoms with Crippen LogP contribution < -0.4 is 0 Å². The van der Waals surface area contributed by atoms with Gasteiger partial charge in [-0.2, -0.15) is 0 Å². The zero-order chi connectivity index (χ0) is 23.7. The van der Waals surface area contributed by atoms with E-state index in [0.717, 1.165) is 30.7 Å². The number of hydrogen-bond acceptors (Lipinski definition) is 4. The maximum atomic E-state index is 14.0. The molecule has 0 spiro atoms. The summed E-state index contributed by atoms with van der Waals surface area (Å²) in [6, 6.07) is 7.72. The highest BCUT2D eigenvalue weighted by Crippen LogP contribution is 2.60. The van der Waals surface area contributed by atoms with Gasteiger partial charge in [-0.3, -0.25) is 9.59 Å². The summed E-state index contributed by atoms with van der Waals surface area (Å²) in [6.07, 6.45) is 10.5. The first-order valence-electron chi connectivity index (χ1n) is 12.6. The van der Waals surface area contributed by atoms with Gasteiger partial charge < -0.3 is 23.5 Å². The van der Waals surface area contributed by atoms with Crippen molar-refractivity contribution in [3.8, 4) is 0 Å². The van der Waals surface area contributed by atoms with Crippen LogP contribution in [0.5, 0.6) is 0 Å². The molecule has 0 atom stereocenters. The summed E-state index contributed by atoms with van der Waals surface area (Å²) in [5.74, 6) is 2.90. The van der Waals surface area contributed by atoms with E-state index in [1.54, 1.807) is 23.2 Å². The molecule has 2 aromatic rings.